The van der Waals surface area contributed by atoms with Gasteiger partial charge < -0.3 is 4.90 Å². The molecule has 8 heteroatoms. The van der Waals surface area contributed by atoms with Gasteiger partial charge in [-0.05, 0) is 31.9 Å². The molecule has 2 aromatic heterocycles. The number of hydrogen-bond acceptors (Lipinski definition) is 4. The molecule has 24 heavy (non-hydrogen) atoms. The summed E-state index contributed by atoms with van der Waals surface area (Å²) >= 11 is 7.41. The van der Waals surface area contributed by atoms with Crippen LogP contribution in [0.3, 0.4) is 0 Å². The molecule has 0 N–H and O–H groups in total. The van der Waals surface area contributed by atoms with E-state index in [0.717, 1.165) is 36.4 Å². The average molecular weight is 369 g/mol. The Morgan fingerprint density at radius 2 is 2.21 bits per heavy atom. The number of carbonyl (C=O) groups excluding carboxylic acids is 1. The lowest BCUT2D eigenvalue weighted by molar-refractivity contribution is -0.132. The van der Waals surface area contributed by atoms with E-state index in [2.05, 4.69) is 5.10 Å². The Morgan fingerprint density at radius 1 is 1.38 bits per heavy atom. The van der Waals surface area contributed by atoms with Crippen molar-refractivity contribution in [2.45, 2.75) is 52.2 Å². The second kappa shape index (κ2) is 7.53. The Bertz CT molecular complexity index is 779. The van der Waals surface area contributed by atoms with Crippen LogP contribution in [0.1, 0.15) is 36.9 Å². The van der Waals surface area contributed by atoms with Gasteiger partial charge in [0.25, 0.3) is 0 Å². The van der Waals surface area contributed by atoms with Crippen LogP contribution in [0.4, 0.5) is 0 Å². The van der Waals surface area contributed by atoms with Crippen LogP contribution in [0.2, 0.25) is 4.34 Å². The van der Waals surface area contributed by atoms with E-state index in [0.29, 0.717) is 24.0 Å². The highest BCUT2D eigenvalue weighted by Crippen LogP contribution is 2.22. The Kier molecular flexibility index (Phi) is 5.40. The fourth-order valence-corrected chi connectivity index (χ4v) is 4.06. The number of nitrogens with zero attached hydrogens (tertiary/aromatic N) is 4. The molecule has 0 unspecified atom stereocenters. The zero-order chi connectivity index (χ0) is 17.1. The molecule has 1 amide bonds. The summed E-state index contributed by atoms with van der Waals surface area (Å²) < 4.78 is 3.74. The Hall–Kier alpha value is -1.60. The van der Waals surface area contributed by atoms with Crippen LogP contribution in [-0.2, 0) is 30.8 Å². The molecule has 0 atom stereocenters. The number of carbonyl (C=O) groups is 1. The van der Waals surface area contributed by atoms with Crippen LogP contribution in [0.15, 0.2) is 16.9 Å². The molecule has 0 spiro atoms. The predicted octanol–water partition coefficient (Wildman–Crippen LogP) is 2.53. The van der Waals surface area contributed by atoms with Gasteiger partial charge in [0.05, 0.1) is 10.9 Å². The highest BCUT2D eigenvalue weighted by Gasteiger charge is 2.20. The topological polar surface area (TPSA) is 60.1 Å². The minimum atomic E-state index is -0.171. The summed E-state index contributed by atoms with van der Waals surface area (Å²) in [7, 11) is 0. The molecule has 0 fully saturated rings. The van der Waals surface area contributed by atoms with Crippen molar-refractivity contribution in [1.29, 1.82) is 0 Å². The molecule has 130 valence electrons. The van der Waals surface area contributed by atoms with Crippen LogP contribution >= 0.6 is 22.9 Å². The number of aryl methyl sites for hydroxylation is 1. The van der Waals surface area contributed by atoms with E-state index in [1.54, 1.807) is 9.47 Å². The van der Waals surface area contributed by atoms with Crippen molar-refractivity contribution < 1.29 is 4.79 Å². The number of rotatable bonds is 5. The number of hydrogen-bond donors (Lipinski definition) is 0. The first-order valence-corrected chi connectivity index (χ1v) is 9.46. The first-order chi connectivity index (χ1) is 11.6. The lowest BCUT2D eigenvalue weighted by Crippen LogP contribution is -2.36. The van der Waals surface area contributed by atoms with Gasteiger partial charge in [0.1, 0.15) is 12.4 Å². The maximum absolute atomic E-state index is 12.6. The third-order valence-electron chi connectivity index (χ3n) is 4.28. The highest BCUT2D eigenvalue weighted by atomic mass is 35.5. The largest absolute Gasteiger partial charge is 0.346 e. The molecule has 0 saturated heterocycles. The fraction of sp³-hybridized carbons (Fsp3) is 0.562. The van der Waals surface area contributed by atoms with E-state index in [1.807, 2.05) is 19.1 Å². The zero-order valence-electron chi connectivity index (χ0n) is 13.7. The normalized spacial score (nSPS) is 14.2. The molecule has 1 aliphatic heterocycles. The van der Waals surface area contributed by atoms with Crippen LogP contribution in [0, 0.1) is 0 Å². The van der Waals surface area contributed by atoms with Crippen LogP contribution in [0.5, 0.6) is 0 Å². The molecule has 2 aromatic rings. The minimum Gasteiger partial charge on any atom is -0.336 e. The zero-order valence-corrected chi connectivity index (χ0v) is 15.3. The summed E-state index contributed by atoms with van der Waals surface area (Å²) in [5.41, 5.74) is -0.171. The molecule has 3 heterocycles. The van der Waals surface area contributed by atoms with Crippen molar-refractivity contribution >= 4 is 28.8 Å². The van der Waals surface area contributed by atoms with Gasteiger partial charge in [-0.15, -0.1) is 11.3 Å². The van der Waals surface area contributed by atoms with E-state index in [9.17, 15) is 9.59 Å². The molecule has 6 nitrogen and oxygen atoms in total. The second-order valence-corrected chi connectivity index (χ2v) is 7.73. The van der Waals surface area contributed by atoms with Crippen molar-refractivity contribution in [2.24, 2.45) is 0 Å². The molecule has 0 aliphatic carbocycles. The van der Waals surface area contributed by atoms with E-state index < -0.39 is 0 Å². The molecule has 3 rings (SSSR count). The number of fused-ring (bicyclic) bond motifs is 1. The maximum Gasteiger partial charge on any atom is 0.346 e. The van der Waals surface area contributed by atoms with Crippen LogP contribution < -0.4 is 5.69 Å². The number of likely N-dealkylation sites (N-methyl/N-ethyl adjacent to an activating group) is 1. The lowest BCUT2D eigenvalue weighted by Gasteiger charge is -2.19. The lowest BCUT2D eigenvalue weighted by atomic mass is 10.2. The number of aromatic nitrogens is 3. The molecule has 0 saturated carbocycles. The molecule has 1 aliphatic rings. The van der Waals surface area contributed by atoms with Gasteiger partial charge >= 0.3 is 5.69 Å². The molecule has 0 radical (unpaired) electrons. The van der Waals surface area contributed by atoms with Crippen molar-refractivity contribution in [3.05, 3.63) is 37.7 Å². The van der Waals surface area contributed by atoms with Crippen molar-refractivity contribution in [2.75, 3.05) is 6.54 Å². The summed E-state index contributed by atoms with van der Waals surface area (Å²) in [6, 6.07) is 3.75. The Labute approximate surface area is 149 Å². The molecular formula is C16H21ClN4O2S. The quantitative estimate of drug-likeness (QED) is 0.814. The van der Waals surface area contributed by atoms with E-state index in [1.165, 1.54) is 16.0 Å². The van der Waals surface area contributed by atoms with Gasteiger partial charge in [-0.25, -0.2) is 9.48 Å². The van der Waals surface area contributed by atoms with E-state index in [-0.39, 0.29) is 18.1 Å². The third kappa shape index (κ3) is 3.72. The maximum atomic E-state index is 12.6. The standard InChI is InChI=1S/C16H21ClN4O2S/c1-2-19(10-12-7-8-13(17)24-12)15(22)11-21-16(23)20-9-5-3-4-6-14(20)18-21/h7-8H,2-6,9-11H2,1H3. The molecule has 0 aromatic carbocycles. The summed E-state index contributed by atoms with van der Waals surface area (Å²) in [6.07, 6.45) is 3.97. The summed E-state index contributed by atoms with van der Waals surface area (Å²) in [5.74, 6) is 0.704. The van der Waals surface area contributed by atoms with Gasteiger partial charge in [0, 0.05) is 24.4 Å². The number of halogens is 1. The number of thiophene rings is 1. The second-order valence-electron chi connectivity index (χ2n) is 5.93. The van der Waals surface area contributed by atoms with Crippen molar-refractivity contribution in [1.82, 2.24) is 19.2 Å². The van der Waals surface area contributed by atoms with Gasteiger partial charge in [-0.1, -0.05) is 18.0 Å². The fourth-order valence-electron chi connectivity index (χ4n) is 2.96. The van der Waals surface area contributed by atoms with Crippen LogP contribution in [0.25, 0.3) is 0 Å². The smallest absolute Gasteiger partial charge is 0.336 e. The van der Waals surface area contributed by atoms with Gasteiger partial charge in [0.2, 0.25) is 5.91 Å². The van der Waals surface area contributed by atoms with Crippen LogP contribution in [-0.4, -0.2) is 31.7 Å². The SMILES string of the molecule is CCN(Cc1ccc(Cl)s1)C(=O)Cn1nc2n(c1=O)CCCCC2. The first kappa shape index (κ1) is 17.2. The summed E-state index contributed by atoms with van der Waals surface area (Å²) in [4.78, 5) is 27.8. The van der Waals surface area contributed by atoms with Crippen molar-refractivity contribution in [3.63, 3.8) is 0 Å². The van der Waals surface area contributed by atoms with Gasteiger partial charge in [-0.3, -0.25) is 9.36 Å². The third-order valence-corrected chi connectivity index (χ3v) is 5.49. The minimum absolute atomic E-state index is 0.00815. The van der Waals surface area contributed by atoms with Gasteiger partial charge in [-0.2, -0.15) is 5.10 Å². The monoisotopic (exact) mass is 368 g/mol. The Morgan fingerprint density at radius 3 is 2.92 bits per heavy atom. The molecule has 0 bridgehead atoms. The summed E-state index contributed by atoms with van der Waals surface area (Å²) in [6.45, 7) is 3.71. The predicted molar refractivity (Wildman–Crippen MR) is 94.5 cm³/mol. The Balaban J connectivity index is 1.72. The van der Waals surface area contributed by atoms with Crippen molar-refractivity contribution in [3.8, 4) is 0 Å². The van der Waals surface area contributed by atoms with Gasteiger partial charge in [0.15, 0.2) is 0 Å². The highest BCUT2D eigenvalue weighted by molar-refractivity contribution is 7.16. The van der Waals surface area contributed by atoms with E-state index in [4.69, 9.17) is 11.6 Å². The summed E-state index contributed by atoms with van der Waals surface area (Å²) in [5, 5.41) is 4.38. The average Bonchev–Trinajstić information content (AvgIpc) is 3.00. The number of amides is 1. The molecular weight excluding hydrogens is 348 g/mol. The first-order valence-electron chi connectivity index (χ1n) is 8.27. The van der Waals surface area contributed by atoms with E-state index >= 15 is 0 Å².